The van der Waals surface area contributed by atoms with E-state index in [4.69, 9.17) is 21.8 Å². The molecule has 0 amide bonds. The Balaban J connectivity index is 1.40. The maximum atomic E-state index is 6.62. The lowest BCUT2D eigenvalue weighted by atomic mass is 9.46. The minimum Gasteiger partial charge on any atom is -0.472 e. The molecule has 8 atom stereocenters. The zero-order valence-corrected chi connectivity index (χ0v) is 16.8. The van der Waals surface area contributed by atoms with Crippen LogP contribution in [0.4, 0.5) is 0 Å². The van der Waals surface area contributed by atoms with E-state index in [9.17, 15) is 0 Å². The van der Waals surface area contributed by atoms with Crippen molar-refractivity contribution in [1.29, 1.82) is 0 Å². The maximum Gasteiger partial charge on any atom is 0.104 e. The van der Waals surface area contributed by atoms with E-state index in [1.807, 2.05) is 12.5 Å². The number of rotatable bonds is 1. The summed E-state index contributed by atoms with van der Waals surface area (Å²) >= 11 is 4.80. The van der Waals surface area contributed by atoms with E-state index in [1.54, 1.807) is 5.57 Å². The number of hydrogen-bond acceptors (Lipinski definition) is 3. The molecule has 1 aromatic heterocycles. The monoisotopic (exact) mass is 370 g/mol. The van der Waals surface area contributed by atoms with Gasteiger partial charge in [-0.15, -0.1) is 0 Å². The van der Waals surface area contributed by atoms with Crippen molar-refractivity contribution in [2.24, 2.45) is 22.7 Å². The molecule has 26 heavy (non-hydrogen) atoms. The lowest BCUT2D eigenvalue weighted by Crippen LogP contribution is -2.55. The first-order valence-electron chi connectivity index (χ1n) is 10.6. The Bertz CT molecular complexity index is 769. The van der Waals surface area contributed by atoms with E-state index >= 15 is 0 Å². The molecule has 0 radical (unpaired) electrons. The fraction of sp³-hybridized carbons (Fsp3) is 0.739. The van der Waals surface area contributed by atoms with Gasteiger partial charge in [0.1, 0.15) is 5.60 Å². The van der Waals surface area contributed by atoms with Crippen LogP contribution in [0, 0.1) is 22.7 Å². The van der Waals surface area contributed by atoms with Gasteiger partial charge in [0, 0.05) is 10.7 Å². The number of fused-ring (bicyclic) bond motifs is 3. The average molecular weight is 371 g/mol. The van der Waals surface area contributed by atoms with E-state index in [-0.39, 0.29) is 11.0 Å². The molecule has 5 aliphatic rings. The second-order valence-corrected chi connectivity index (χ2v) is 10.9. The normalized spacial score (nSPS) is 54.6. The standard InChI is InChI=1S/C23H30O2S/c1-21-8-5-16(26)11-15(21)3-4-18-17(21)6-9-22(2)19(14-7-10-24-13-14)12-20-23(18,22)25-20/h3,7,10,13,16-20,26H,4-6,8-9,11-12H2,1-2H3/t16-,17-,18+,19+,20+,21-,22+,23+/m0/s1. The van der Waals surface area contributed by atoms with Crippen LogP contribution in [0.1, 0.15) is 70.3 Å². The van der Waals surface area contributed by atoms with Crippen molar-refractivity contribution in [1.82, 2.24) is 0 Å². The van der Waals surface area contributed by atoms with Crippen LogP contribution in [-0.2, 0) is 4.74 Å². The van der Waals surface area contributed by atoms with Crippen molar-refractivity contribution >= 4 is 12.6 Å². The number of furan rings is 1. The minimum absolute atomic E-state index is 0.126. The summed E-state index contributed by atoms with van der Waals surface area (Å²) in [4.78, 5) is 0. The van der Waals surface area contributed by atoms with Crippen LogP contribution in [-0.4, -0.2) is 17.0 Å². The third-order valence-electron chi connectivity index (χ3n) is 9.45. The molecule has 6 rings (SSSR count). The number of hydrogen-bond donors (Lipinski definition) is 1. The van der Waals surface area contributed by atoms with Gasteiger partial charge < -0.3 is 9.15 Å². The van der Waals surface area contributed by atoms with Crippen LogP contribution < -0.4 is 0 Å². The SMILES string of the molecule is C[C@]12CC[C@H](S)CC1=CC[C@@H]1[C@@H]2CC[C@]2(C)[C@@H](c3ccoc3)C[C@H]3O[C@]132. The topological polar surface area (TPSA) is 25.7 Å². The van der Waals surface area contributed by atoms with Crippen molar-refractivity contribution < 1.29 is 9.15 Å². The lowest BCUT2D eigenvalue weighted by molar-refractivity contribution is -0.0705. The average Bonchev–Trinajstić information content (AvgIpc) is 2.99. The van der Waals surface area contributed by atoms with Gasteiger partial charge in [0.2, 0.25) is 0 Å². The molecule has 140 valence electrons. The summed E-state index contributed by atoms with van der Waals surface area (Å²) in [6, 6.07) is 2.19. The third-order valence-corrected chi connectivity index (χ3v) is 9.89. The van der Waals surface area contributed by atoms with E-state index in [0.29, 0.717) is 28.6 Å². The van der Waals surface area contributed by atoms with Crippen molar-refractivity contribution in [3.63, 3.8) is 0 Å². The van der Waals surface area contributed by atoms with E-state index in [2.05, 4.69) is 26.0 Å². The molecule has 0 aromatic carbocycles. The first kappa shape index (κ1) is 16.3. The first-order valence-corrected chi connectivity index (χ1v) is 11.1. The zero-order valence-electron chi connectivity index (χ0n) is 15.9. The van der Waals surface area contributed by atoms with Gasteiger partial charge in [-0.05, 0) is 79.7 Å². The molecule has 2 nitrogen and oxygen atoms in total. The molecule has 1 aliphatic heterocycles. The summed E-state index contributed by atoms with van der Waals surface area (Å²) in [6.45, 7) is 5.09. The van der Waals surface area contributed by atoms with Gasteiger partial charge in [-0.3, -0.25) is 0 Å². The van der Waals surface area contributed by atoms with E-state index in [0.717, 1.165) is 5.92 Å². The summed E-state index contributed by atoms with van der Waals surface area (Å²) < 4.78 is 12.1. The highest BCUT2D eigenvalue weighted by atomic mass is 32.1. The van der Waals surface area contributed by atoms with Crippen LogP contribution in [0.3, 0.4) is 0 Å². The van der Waals surface area contributed by atoms with Crippen molar-refractivity contribution in [3.05, 3.63) is 35.8 Å². The van der Waals surface area contributed by atoms with Gasteiger partial charge in [-0.2, -0.15) is 12.6 Å². The fourth-order valence-electron chi connectivity index (χ4n) is 8.05. The number of allylic oxidation sites excluding steroid dienone is 2. The number of thiol groups is 1. The maximum absolute atomic E-state index is 6.62. The van der Waals surface area contributed by atoms with Gasteiger partial charge in [-0.25, -0.2) is 0 Å². The molecule has 1 saturated heterocycles. The zero-order chi connectivity index (χ0) is 17.7. The lowest BCUT2D eigenvalue weighted by Gasteiger charge is -2.58. The number of ether oxygens (including phenoxy) is 1. The Morgan fingerprint density at radius 1 is 1.15 bits per heavy atom. The molecule has 3 heteroatoms. The molecule has 1 aromatic rings. The molecule has 0 bridgehead atoms. The highest BCUT2D eigenvalue weighted by molar-refractivity contribution is 7.80. The number of epoxide rings is 1. The molecule has 4 fully saturated rings. The Morgan fingerprint density at radius 3 is 2.85 bits per heavy atom. The molecular weight excluding hydrogens is 340 g/mol. The summed E-state index contributed by atoms with van der Waals surface area (Å²) in [5.74, 6) is 2.10. The highest BCUT2D eigenvalue weighted by Gasteiger charge is 2.80. The van der Waals surface area contributed by atoms with Gasteiger partial charge in [-0.1, -0.05) is 25.5 Å². The predicted molar refractivity (Wildman–Crippen MR) is 105 cm³/mol. The van der Waals surface area contributed by atoms with Crippen LogP contribution in [0.2, 0.25) is 0 Å². The van der Waals surface area contributed by atoms with Crippen LogP contribution in [0.15, 0.2) is 34.7 Å². The van der Waals surface area contributed by atoms with Crippen molar-refractivity contribution in [2.45, 2.75) is 81.7 Å². The van der Waals surface area contributed by atoms with Gasteiger partial charge in [0.15, 0.2) is 0 Å². The smallest absolute Gasteiger partial charge is 0.104 e. The molecule has 3 saturated carbocycles. The summed E-state index contributed by atoms with van der Waals surface area (Å²) in [5, 5.41) is 0.569. The molecule has 4 aliphatic carbocycles. The molecule has 0 unspecified atom stereocenters. The van der Waals surface area contributed by atoms with Crippen LogP contribution in [0.5, 0.6) is 0 Å². The molecule has 0 N–H and O–H groups in total. The van der Waals surface area contributed by atoms with Crippen molar-refractivity contribution in [3.8, 4) is 0 Å². The van der Waals surface area contributed by atoms with Crippen LogP contribution in [0.25, 0.3) is 0 Å². The van der Waals surface area contributed by atoms with Gasteiger partial charge in [0.25, 0.3) is 0 Å². The van der Waals surface area contributed by atoms with E-state index < -0.39 is 0 Å². The molecule has 1 spiro atoms. The largest absolute Gasteiger partial charge is 0.472 e. The Labute approximate surface area is 162 Å². The molecule has 2 heterocycles. The van der Waals surface area contributed by atoms with Gasteiger partial charge >= 0.3 is 0 Å². The van der Waals surface area contributed by atoms with Crippen LogP contribution >= 0.6 is 12.6 Å². The Morgan fingerprint density at radius 2 is 2.04 bits per heavy atom. The molecular formula is C23H30O2S. The quantitative estimate of drug-likeness (QED) is 0.386. The minimum atomic E-state index is 0.126. The third kappa shape index (κ3) is 1.76. The summed E-state index contributed by atoms with van der Waals surface area (Å²) in [6.07, 6.45) is 15.8. The van der Waals surface area contributed by atoms with Gasteiger partial charge in [0.05, 0.1) is 18.6 Å². The summed E-state index contributed by atoms with van der Waals surface area (Å²) in [7, 11) is 0. The Kier molecular flexibility index (Phi) is 3.15. The highest BCUT2D eigenvalue weighted by Crippen LogP contribution is 2.77. The second-order valence-electron chi connectivity index (χ2n) is 10.2. The Hall–Kier alpha value is -0.670. The first-order chi connectivity index (χ1) is 12.5. The van der Waals surface area contributed by atoms with E-state index in [1.165, 1.54) is 50.5 Å². The second kappa shape index (κ2) is 5.03. The fourth-order valence-corrected chi connectivity index (χ4v) is 8.38. The summed E-state index contributed by atoms with van der Waals surface area (Å²) in [5.41, 5.74) is 3.90. The van der Waals surface area contributed by atoms with Crippen molar-refractivity contribution in [2.75, 3.05) is 0 Å². The predicted octanol–water partition coefficient (Wildman–Crippen LogP) is 5.76.